The molecule has 0 aliphatic rings. The lowest BCUT2D eigenvalue weighted by molar-refractivity contribution is 0.0836. The van der Waals surface area contributed by atoms with Crippen LogP contribution in [-0.4, -0.2) is 43.0 Å². The average molecular weight is 271 g/mol. The Morgan fingerprint density at radius 2 is 2.21 bits per heavy atom. The number of carbonyl (C=O) groups is 1. The van der Waals surface area contributed by atoms with Crippen molar-refractivity contribution in [1.82, 2.24) is 4.90 Å². The summed E-state index contributed by atoms with van der Waals surface area (Å²) in [4.78, 5) is 13.0. The monoisotopic (exact) mass is 271 g/mol. The second kappa shape index (κ2) is 7.58. The Balaban J connectivity index is 2.70. The lowest BCUT2D eigenvalue weighted by Gasteiger charge is -2.20. The summed E-state index contributed by atoms with van der Waals surface area (Å²) in [6, 6.07) is 4.52. The van der Waals surface area contributed by atoms with Gasteiger partial charge in [-0.25, -0.2) is 9.18 Å². The lowest BCUT2D eigenvalue weighted by atomic mass is 10.2. The third kappa shape index (κ3) is 4.40. The number of aliphatic hydroxyl groups excluding tert-OH is 1. The van der Waals surface area contributed by atoms with Gasteiger partial charge in [-0.15, -0.1) is 0 Å². The van der Waals surface area contributed by atoms with Crippen molar-refractivity contribution in [3.8, 4) is 5.75 Å². The van der Waals surface area contributed by atoms with Gasteiger partial charge in [0.1, 0.15) is 6.61 Å². The number of amides is 1. The van der Waals surface area contributed by atoms with Crippen LogP contribution in [0, 0.1) is 5.82 Å². The molecule has 106 valence electrons. The van der Waals surface area contributed by atoms with Crippen LogP contribution in [0.2, 0.25) is 0 Å². The van der Waals surface area contributed by atoms with Gasteiger partial charge in [-0.05, 0) is 24.6 Å². The Morgan fingerprint density at radius 1 is 1.47 bits per heavy atom. The first-order valence-electron chi connectivity index (χ1n) is 5.97. The van der Waals surface area contributed by atoms with E-state index in [1.54, 1.807) is 13.0 Å². The minimum absolute atomic E-state index is 0.0493. The molecule has 0 aliphatic carbocycles. The molecule has 0 aromatic heterocycles. The molecule has 0 heterocycles. The number of rotatable bonds is 6. The van der Waals surface area contributed by atoms with E-state index >= 15 is 0 Å². The largest absolute Gasteiger partial charge is 0.494 e. The van der Waals surface area contributed by atoms with Crippen molar-refractivity contribution in [3.63, 3.8) is 0 Å². The Morgan fingerprint density at radius 3 is 2.74 bits per heavy atom. The number of benzene rings is 1. The highest BCUT2D eigenvalue weighted by atomic mass is 19.1. The molecule has 6 heteroatoms. The minimum Gasteiger partial charge on any atom is -0.494 e. The van der Waals surface area contributed by atoms with Gasteiger partial charge in [0, 0.05) is 13.1 Å². The molecule has 1 aromatic rings. The van der Waals surface area contributed by atoms with E-state index in [1.165, 1.54) is 24.1 Å². The first-order chi connectivity index (χ1) is 9.12. The average Bonchev–Trinajstić information content (AvgIpc) is 2.42. The highest BCUT2D eigenvalue weighted by Gasteiger charge is 2.14. The van der Waals surface area contributed by atoms with Crippen LogP contribution in [0.1, 0.15) is 12.5 Å². The predicted molar refractivity (Wildman–Crippen MR) is 67.5 cm³/mol. The zero-order valence-corrected chi connectivity index (χ0v) is 11.1. The third-order valence-corrected chi connectivity index (χ3v) is 2.55. The molecule has 0 spiro atoms. The number of halogens is 1. The van der Waals surface area contributed by atoms with Crippen LogP contribution >= 0.6 is 0 Å². The van der Waals surface area contributed by atoms with E-state index < -0.39 is 11.9 Å². The summed E-state index contributed by atoms with van der Waals surface area (Å²) in [6.45, 7) is 2.19. The Bertz CT molecular complexity index is 425. The Kier molecular flexibility index (Phi) is 6.08. The summed E-state index contributed by atoms with van der Waals surface area (Å²) >= 11 is 0. The minimum atomic E-state index is -0.534. The van der Waals surface area contributed by atoms with Crippen molar-refractivity contribution in [2.45, 2.75) is 13.5 Å². The summed E-state index contributed by atoms with van der Waals surface area (Å²) in [5.74, 6) is -0.311. The van der Waals surface area contributed by atoms with Gasteiger partial charge in [0.25, 0.3) is 0 Å². The highest BCUT2D eigenvalue weighted by molar-refractivity contribution is 5.67. The number of aliphatic hydroxyl groups is 1. The lowest BCUT2D eigenvalue weighted by Crippen LogP contribution is -2.31. The molecule has 0 fully saturated rings. The molecule has 1 aromatic carbocycles. The van der Waals surface area contributed by atoms with Gasteiger partial charge in [0.15, 0.2) is 11.6 Å². The summed E-state index contributed by atoms with van der Waals surface area (Å²) in [7, 11) is 1.39. The van der Waals surface area contributed by atoms with Gasteiger partial charge in [0.2, 0.25) is 0 Å². The summed E-state index contributed by atoms with van der Waals surface area (Å²) in [5, 5.41) is 8.59. The fraction of sp³-hybridized carbons (Fsp3) is 0.462. The zero-order valence-electron chi connectivity index (χ0n) is 11.1. The van der Waals surface area contributed by atoms with Gasteiger partial charge >= 0.3 is 6.09 Å². The molecule has 19 heavy (non-hydrogen) atoms. The fourth-order valence-electron chi connectivity index (χ4n) is 1.56. The predicted octanol–water partition coefficient (Wildman–Crippen LogP) is 1.79. The molecular weight excluding hydrogens is 253 g/mol. The molecule has 0 saturated carbocycles. The number of ether oxygens (including phenoxy) is 2. The van der Waals surface area contributed by atoms with Gasteiger partial charge in [-0.3, -0.25) is 0 Å². The van der Waals surface area contributed by atoms with Gasteiger partial charge < -0.3 is 19.5 Å². The van der Waals surface area contributed by atoms with Crippen LogP contribution in [0.3, 0.4) is 0 Å². The van der Waals surface area contributed by atoms with Crippen molar-refractivity contribution < 1.29 is 23.8 Å². The maximum Gasteiger partial charge on any atom is 0.410 e. The number of carbonyl (C=O) groups excluding carboxylic acids is 1. The van der Waals surface area contributed by atoms with E-state index in [-0.39, 0.29) is 25.5 Å². The van der Waals surface area contributed by atoms with Crippen LogP contribution in [-0.2, 0) is 11.3 Å². The molecule has 1 rings (SSSR count). The van der Waals surface area contributed by atoms with Crippen LogP contribution in [0.15, 0.2) is 18.2 Å². The van der Waals surface area contributed by atoms with E-state index in [0.717, 1.165) is 0 Å². The van der Waals surface area contributed by atoms with Gasteiger partial charge in [0.05, 0.1) is 13.7 Å². The summed E-state index contributed by atoms with van der Waals surface area (Å²) in [5.41, 5.74) is 0.640. The second-order valence-corrected chi connectivity index (χ2v) is 3.82. The number of hydrogen-bond acceptors (Lipinski definition) is 4. The molecular formula is C13H18FNO4. The summed E-state index contributed by atoms with van der Waals surface area (Å²) in [6.07, 6.45) is -0.534. The molecule has 1 amide bonds. The molecule has 0 radical (unpaired) electrons. The van der Waals surface area contributed by atoms with Crippen LogP contribution in [0.25, 0.3) is 0 Å². The standard InChI is InChI=1S/C13H18FNO4/c1-3-15(13(17)19-7-6-16)9-10-4-5-12(18-2)11(14)8-10/h4-5,8,16H,3,6-7,9H2,1-2H3. The second-order valence-electron chi connectivity index (χ2n) is 3.82. The smallest absolute Gasteiger partial charge is 0.410 e. The summed E-state index contributed by atoms with van der Waals surface area (Å²) < 4.78 is 23.1. The van der Waals surface area contributed by atoms with E-state index in [1.807, 2.05) is 0 Å². The quantitative estimate of drug-likeness (QED) is 0.857. The number of hydrogen-bond donors (Lipinski definition) is 1. The molecule has 0 bridgehead atoms. The molecule has 0 aliphatic heterocycles. The normalized spacial score (nSPS) is 10.1. The van der Waals surface area contributed by atoms with Crippen molar-refractivity contribution in [1.29, 1.82) is 0 Å². The van der Waals surface area contributed by atoms with E-state index in [4.69, 9.17) is 14.6 Å². The molecule has 1 N–H and O–H groups in total. The first kappa shape index (κ1) is 15.2. The fourth-order valence-corrected chi connectivity index (χ4v) is 1.56. The molecule has 0 atom stereocenters. The molecule has 5 nitrogen and oxygen atoms in total. The highest BCUT2D eigenvalue weighted by Crippen LogP contribution is 2.18. The number of nitrogens with zero attached hydrogens (tertiary/aromatic N) is 1. The van der Waals surface area contributed by atoms with Crippen molar-refractivity contribution >= 4 is 6.09 Å². The maximum atomic E-state index is 13.5. The molecule has 0 saturated heterocycles. The van der Waals surface area contributed by atoms with Crippen molar-refractivity contribution in [3.05, 3.63) is 29.6 Å². The van der Waals surface area contributed by atoms with Gasteiger partial charge in [-0.1, -0.05) is 6.07 Å². The SMILES string of the molecule is CCN(Cc1ccc(OC)c(F)c1)C(=O)OCCO. The topological polar surface area (TPSA) is 59.0 Å². The maximum absolute atomic E-state index is 13.5. The van der Waals surface area contributed by atoms with E-state index in [9.17, 15) is 9.18 Å². The molecule has 0 unspecified atom stereocenters. The Labute approximate surface area is 111 Å². The van der Waals surface area contributed by atoms with Crippen LogP contribution in [0.4, 0.5) is 9.18 Å². The number of methoxy groups -OCH3 is 1. The van der Waals surface area contributed by atoms with Crippen LogP contribution in [0.5, 0.6) is 5.75 Å². The van der Waals surface area contributed by atoms with Crippen molar-refractivity contribution in [2.24, 2.45) is 0 Å². The van der Waals surface area contributed by atoms with Gasteiger partial charge in [-0.2, -0.15) is 0 Å². The third-order valence-electron chi connectivity index (χ3n) is 2.55. The van der Waals surface area contributed by atoms with E-state index in [0.29, 0.717) is 12.1 Å². The van der Waals surface area contributed by atoms with Crippen LogP contribution < -0.4 is 4.74 Å². The Hall–Kier alpha value is -1.82. The van der Waals surface area contributed by atoms with E-state index in [2.05, 4.69) is 0 Å². The zero-order chi connectivity index (χ0) is 14.3. The van der Waals surface area contributed by atoms with Crippen molar-refractivity contribution in [2.75, 3.05) is 26.9 Å². The first-order valence-corrected chi connectivity index (χ1v) is 5.97.